The molecule has 1 fully saturated rings. The molecule has 128 valence electrons. The van der Waals surface area contributed by atoms with Crippen LogP contribution in [0.1, 0.15) is 31.2 Å². The quantitative estimate of drug-likeness (QED) is 0.894. The number of urea groups is 1. The lowest BCUT2D eigenvalue weighted by molar-refractivity contribution is -0.142. The van der Waals surface area contributed by atoms with Crippen LogP contribution in [0.25, 0.3) is 5.57 Å². The summed E-state index contributed by atoms with van der Waals surface area (Å²) in [6.45, 7) is 0.844. The predicted octanol–water partition coefficient (Wildman–Crippen LogP) is 2.88. The molecule has 0 spiro atoms. The number of rotatable bonds is 3. The third-order valence-corrected chi connectivity index (χ3v) is 4.83. The number of halogens is 1. The second-order valence-corrected chi connectivity index (χ2v) is 6.43. The Morgan fingerprint density at radius 3 is 2.54 bits per heavy atom. The highest BCUT2D eigenvalue weighted by atomic mass is 19.1. The van der Waals surface area contributed by atoms with Crippen molar-refractivity contribution in [3.8, 4) is 0 Å². The molecular weight excluding hydrogens is 311 g/mol. The van der Waals surface area contributed by atoms with Crippen LogP contribution in [0.4, 0.5) is 9.18 Å². The molecule has 0 radical (unpaired) electrons. The number of nitrogens with one attached hydrogen (secondary N) is 1. The van der Waals surface area contributed by atoms with Crippen molar-refractivity contribution in [2.45, 2.75) is 31.7 Å². The zero-order chi connectivity index (χ0) is 17.1. The van der Waals surface area contributed by atoms with E-state index in [1.54, 1.807) is 23.1 Å². The lowest BCUT2D eigenvalue weighted by Crippen LogP contribution is -2.45. The first kappa shape index (κ1) is 16.5. The minimum Gasteiger partial charge on any atom is -0.481 e. The molecule has 3 rings (SSSR count). The molecule has 2 aliphatic rings. The van der Waals surface area contributed by atoms with E-state index in [4.69, 9.17) is 5.11 Å². The number of carboxylic acids is 1. The maximum atomic E-state index is 13.8. The van der Waals surface area contributed by atoms with Crippen LogP contribution in [-0.2, 0) is 4.79 Å². The molecule has 1 heterocycles. The molecule has 1 aliphatic carbocycles. The fraction of sp³-hybridized carbons (Fsp3) is 0.444. The van der Waals surface area contributed by atoms with E-state index in [9.17, 15) is 14.0 Å². The van der Waals surface area contributed by atoms with E-state index in [-0.39, 0.29) is 23.8 Å². The van der Waals surface area contributed by atoms with Gasteiger partial charge in [0.15, 0.2) is 0 Å². The first-order chi connectivity index (χ1) is 11.5. The summed E-state index contributed by atoms with van der Waals surface area (Å²) in [4.78, 5) is 25.0. The molecule has 0 saturated heterocycles. The summed E-state index contributed by atoms with van der Waals surface area (Å²) in [5, 5.41) is 12.0. The fourth-order valence-corrected chi connectivity index (χ4v) is 3.38. The van der Waals surface area contributed by atoms with E-state index in [2.05, 4.69) is 5.32 Å². The van der Waals surface area contributed by atoms with Crippen LogP contribution in [0.5, 0.6) is 0 Å². The third kappa shape index (κ3) is 3.58. The molecule has 5 nitrogen and oxygen atoms in total. The van der Waals surface area contributed by atoms with Crippen molar-refractivity contribution < 1.29 is 19.1 Å². The normalized spacial score (nSPS) is 23.7. The molecular formula is C18H21FN2O3. The van der Waals surface area contributed by atoms with Crippen molar-refractivity contribution in [2.75, 3.05) is 13.1 Å². The van der Waals surface area contributed by atoms with Gasteiger partial charge in [-0.25, -0.2) is 9.18 Å². The molecule has 2 amide bonds. The molecule has 6 heteroatoms. The van der Waals surface area contributed by atoms with Gasteiger partial charge in [-0.3, -0.25) is 4.79 Å². The van der Waals surface area contributed by atoms with Crippen molar-refractivity contribution in [3.63, 3.8) is 0 Å². The van der Waals surface area contributed by atoms with Crippen molar-refractivity contribution in [3.05, 3.63) is 41.7 Å². The van der Waals surface area contributed by atoms with E-state index >= 15 is 0 Å². The molecule has 0 aromatic heterocycles. The number of hydrogen-bond donors (Lipinski definition) is 2. The van der Waals surface area contributed by atoms with E-state index in [1.807, 2.05) is 6.08 Å². The summed E-state index contributed by atoms with van der Waals surface area (Å²) in [5.41, 5.74) is 1.35. The van der Waals surface area contributed by atoms with Gasteiger partial charge in [0, 0.05) is 24.7 Å². The van der Waals surface area contributed by atoms with E-state index in [1.165, 1.54) is 6.07 Å². The molecule has 1 aliphatic heterocycles. The van der Waals surface area contributed by atoms with Crippen LogP contribution < -0.4 is 5.32 Å². The standard InChI is InChI=1S/C18H21FN2O3/c19-16-4-2-1-3-15(16)13-9-10-21(11-13)18(24)20-14-7-5-12(6-8-14)17(22)23/h1-4,9,12,14H,5-8,10-11H2,(H,20,24)(H,22,23). The molecule has 1 aromatic rings. The molecule has 0 atom stereocenters. The summed E-state index contributed by atoms with van der Waals surface area (Å²) >= 11 is 0. The lowest BCUT2D eigenvalue weighted by atomic mass is 9.86. The van der Waals surface area contributed by atoms with Gasteiger partial charge >= 0.3 is 12.0 Å². The Morgan fingerprint density at radius 2 is 1.88 bits per heavy atom. The third-order valence-electron chi connectivity index (χ3n) is 4.83. The smallest absolute Gasteiger partial charge is 0.318 e. The maximum Gasteiger partial charge on any atom is 0.318 e. The molecule has 1 aromatic carbocycles. The van der Waals surface area contributed by atoms with Gasteiger partial charge in [0.2, 0.25) is 0 Å². The predicted molar refractivity (Wildman–Crippen MR) is 87.9 cm³/mol. The Kier molecular flexibility index (Phi) is 4.83. The highest BCUT2D eigenvalue weighted by molar-refractivity contribution is 5.81. The van der Waals surface area contributed by atoms with Crippen molar-refractivity contribution in [2.24, 2.45) is 5.92 Å². The Bertz CT molecular complexity index is 666. The van der Waals surface area contributed by atoms with Gasteiger partial charge in [0.1, 0.15) is 5.82 Å². The van der Waals surface area contributed by atoms with Crippen molar-refractivity contribution in [1.29, 1.82) is 0 Å². The highest BCUT2D eigenvalue weighted by Crippen LogP contribution is 2.26. The summed E-state index contributed by atoms with van der Waals surface area (Å²) in [6, 6.07) is 6.41. The van der Waals surface area contributed by atoms with Crippen LogP contribution in [0.2, 0.25) is 0 Å². The molecule has 1 saturated carbocycles. The minimum absolute atomic E-state index is 0.0191. The second kappa shape index (κ2) is 7.03. The second-order valence-electron chi connectivity index (χ2n) is 6.43. The number of carbonyl (C=O) groups excluding carboxylic acids is 1. The van der Waals surface area contributed by atoms with Crippen molar-refractivity contribution >= 4 is 17.6 Å². The summed E-state index contributed by atoms with van der Waals surface area (Å²) in [5.74, 6) is -1.32. The Hall–Kier alpha value is -2.37. The largest absolute Gasteiger partial charge is 0.481 e. The summed E-state index contributed by atoms with van der Waals surface area (Å²) < 4.78 is 13.8. The van der Waals surface area contributed by atoms with Gasteiger partial charge in [-0.2, -0.15) is 0 Å². The molecule has 0 unspecified atom stereocenters. The average molecular weight is 332 g/mol. The number of benzene rings is 1. The van der Waals surface area contributed by atoms with Gasteiger partial charge in [-0.1, -0.05) is 24.3 Å². The molecule has 24 heavy (non-hydrogen) atoms. The van der Waals surface area contributed by atoms with Crippen molar-refractivity contribution in [1.82, 2.24) is 10.2 Å². The number of carboxylic acid groups (broad SMARTS) is 1. The highest BCUT2D eigenvalue weighted by Gasteiger charge is 2.29. The summed E-state index contributed by atoms with van der Waals surface area (Å²) in [6.07, 6.45) is 4.44. The van der Waals surface area contributed by atoms with E-state index in [0.29, 0.717) is 44.3 Å². The number of amides is 2. The van der Waals surface area contributed by atoms with Gasteiger partial charge in [-0.05, 0) is 37.3 Å². The Labute approximate surface area is 140 Å². The zero-order valence-corrected chi connectivity index (χ0v) is 13.4. The number of aliphatic carboxylic acids is 1. The number of nitrogens with zero attached hydrogens (tertiary/aromatic N) is 1. The topological polar surface area (TPSA) is 69.6 Å². The summed E-state index contributed by atoms with van der Waals surface area (Å²) in [7, 11) is 0. The minimum atomic E-state index is -0.752. The van der Waals surface area contributed by atoms with Crippen LogP contribution in [0.15, 0.2) is 30.3 Å². The monoisotopic (exact) mass is 332 g/mol. The average Bonchev–Trinajstić information content (AvgIpc) is 3.05. The Balaban J connectivity index is 1.51. The van der Waals surface area contributed by atoms with Crippen LogP contribution in [0.3, 0.4) is 0 Å². The van der Waals surface area contributed by atoms with Crippen LogP contribution >= 0.6 is 0 Å². The first-order valence-electron chi connectivity index (χ1n) is 8.27. The van der Waals surface area contributed by atoms with Gasteiger partial charge in [0.05, 0.1) is 5.92 Å². The number of carbonyl (C=O) groups is 2. The zero-order valence-electron chi connectivity index (χ0n) is 13.4. The lowest BCUT2D eigenvalue weighted by Gasteiger charge is -2.28. The fourth-order valence-electron chi connectivity index (χ4n) is 3.38. The number of hydrogen-bond acceptors (Lipinski definition) is 2. The van der Waals surface area contributed by atoms with Gasteiger partial charge < -0.3 is 15.3 Å². The van der Waals surface area contributed by atoms with Crippen LogP contribution in [0, 0.1) is 11.7 Å². The Morgan fingerprint density at radius 1 is 1.17 bits per heavy atom. The molecule has 0 bridgehead atoms. The maximum absolute atomic E-state index is 13.8. The van der Waals surface area contributed by atoms with Gasteiger partial charge in [-0.15, -0.1) is 0 Å². The SMILES string of the molecule is O=C(O)C1CCC(NC(=O)N2CC=C(c3ccccc3F)C2)CC1. The first-order valence-corrected chi connectivity index (χ1v) is 8.27. The van der Waals surface area contributed by atoms with E-state index < -0.39 is 5.97 Å². The molecule has 2 N–H and O–H groups in total. The van der Waals surface area contributed by atoms with E-state index in [0.717, 1.165) is 5.57 Å². The van der Waals surface area contributed by atoms with Crippen LogP contribution in [-0.4, -0.2) is 41.1 Å². The van der Waals surface area contributed by atoms with Gasteiger partial charge in [0.25, 0.3) is 0 Å².